The van der Waals surface area contributed by atoms with E-state index in [0.717, 1.165) is 7.11 Å². The zero-order chi connectivity index (χ0) is 15.4. The molecule has 0 aliphatic rings. The van der Waals surface area contributed by atoms with Crippen LogP contribution in [0.3, 0.4) is 0 Å². The molecular weight excluding hydrogens is 271 g/mol. The van der Waals surface area contributed by atoms with Gasteiger partial charge in [0.1, 0.15) is 5.60 Å². The molecule has 1 amide bonds. The van der Waals surface area contributed by atoms with Crippen molar-refractivity contribution in [3.05, 3.63) is 0 Å². The lowest BCUT2D eigenvalue weighted by Gasteiger charge is -2.26. The summed E-state index contributed by atoms with van der Waals surface area (Å²) in [5, 5.41) is 10.6. The SMILES string of the molecule is COC(=O)C(NC(=O)OC(C)(C)C)C(O)C(F)(F)F. The second-order valence-electron chi connectivity index (χ2n) is 4.63. The second kappa shape index (κ2) is 6.09. The number of ether oxygens (including phenoxy) is 2. The quantitative estimate of drug-likeness (QED) is 0.756. The van der Waals surface area contributed by atoms with Crippen LogP contribution in [0.25, 0.3) is 0 Å². The summed E-state index contributed by atoms with van der Waals surface area (Å²) in [5.74, 6) is -1.43. The van der Waals surface area contributed by atoms with E-state index in [4.69, 9.17) is 5.11 Å². The highest BCUT2D eigenvalue weighted by Crippen LogP contribution is 2.23. The molecule has 0 aliphatic carbocycles. The number of esters is 1. The maximum absolute atomic E-state index is 12.3. The average molecular weight is 287 g/mol. The van der Waals surface area contributed by atoms with Gasteiger partial charge in [-0.3, -0.25) is 0 Å². The summed E-state index contributed by atoms with van der Waals surface area (Å²) in [6.07, 6.45) is -9.45. The lowest BCUT2D eigenvalue weighted by atomic mass is 10.1. The van der Waals surface area contributed by atoms with Gasteiger partial charge in [0.05, 0.1) is 7.11 Å². The fourth-order valence-electron chi connectivity index (χ4n) is 1.02. The third-order valence-corrected chi connectivity index (χ3v) is 1.78. The average Bonchev–Trinajstić information content (AvgIpc) is 2.20. The molecule has 2 atom stereocenters. The number of halogens is 3. The number of carbonyl (C=O) groups is 2. The monoisotopic (exact) mass is 287 g/mol. The molecule has 2 N–H and O–H groups in total. The van der Waals surface area contributed by atoms with Crippen LogP contribution in [0, 0.1) is 0 Å². The van der Waals surface area contributed by atoms with Crippen molar-refractivity contribution in [3.8, 4) is 0 Å². The number of methoxy groups -OCH3 is 1. The number of aliphatic hydroxyl groups excluding tert-OH is 1. The maximum Gasteiger partial charge on any atom is 0.416 e. The number of aliphatic hydroxyl groups is 1. The second-order valence-corrected chi connectivity index (χ2v) is 4.63. The molecule has 2 unspecified atom stereocenters. The topological polar surface area (TPSA) is 84.9 Å². The number of carbonyl (C=O) groups excluding carboxylic acids is 2. The molecule has 0 aromatic rings. The van der Waals surface area contributed by atoms with Crippen molar-refractivity contribution in [2.75, 3.05) is 7.11 Å². The minimum Gasteiger partial charge on any atom is -0.467 e. The molecule has 9 heteroatoms. The van der Waals surface area contributed by atoms with Gasteiger partial charge in [-0.05, 0) is 20.8 Å². The van der Waals surface area contributed by atoms with Gasteiger partial charge >= 0.3 is 18.2 Å². The van der Waals surface area contributed by atoms with Crippen molar-refractivity contribution in [1.29, 1.82) is 0 Å². The van der Waals surface area contributed by atoms with Crippen molar-refractivity contribution in [2.45, 2.75) is 44.7 Å². The van der Waals surface area contributed by atoms with Crippen molar-refractivity contribution in [3.63, 3.8) is 0 Å². The van der Waals surface area contributed by atoms with E-state index in [1.807, 2.05) is 0 Å². The summed E-state index contributed by atoms with van der Waals surface area (Å²) >= 11 is 0. The van der Waals surface area contributed by atoms with Gasteiger partial charge in [-0.15, -0.1) is 0 Å². The molecule has 0 spiro atoms. The van der Waals surface area contributed by atoms with E-state index in [-0.39, 0.29) is 0 Å². The Bertz CT molecular complexity index is 337. The molecule has 0 radical (unpaired) electrons. The van der Waals surface area contributed by atoms with Gasteiger partial charge in [0.25, 0.3) is 0 Å². The van der Waals surface area contributed by atoms with Crippen LogP contribution in [0.1, 0.15) is 20.8 Å². The maximum atomic E-state index is 12.3. The molecule has 6 nitrogen and oxygen atoms in total. The highest BCUT2D eigenvalue weighted by molar-refractivity contribution is 5.82. The zero-order valence-electron chi connectivity index (χ0n) is 10.9. The Morgan fingerprint density at radius 2 is 1.68 bits per heavy atom. The van der Waals surface area contributed by atoms with Crippen molar-refractivity contribution < 1.29 is 37.3 Å². The van der Waals surface area contributed by atoms with Crippen LogP contribution < -0.4 is 5.32 Å². The van der Waals surface area contributed by atoms with Crippen LogP contribution in [0.4, 0.5) is 18.0 Å². The van der Waals surface area contributed by atoms with Crippen LogP contribution in [0.2, 0.25) is 0 Å². The number of alkyl halides is 3. The Labute approximate surface area is 107 Å². The number of amides is 1. The fraction of sp³-hybridized carbons (Fsp3) is 0.800. The van der Waals surface area contributed by atoms with Crippen LogP contribution >= 0.6 is 0 Å². The molecule has 0 aliphatic heterocycles. The zero-order valence-corrected chi connectivity index (χ0v) is 10.9. The Balaban J connectivity index is 4.90. The van der Waals surface area contributed by atoms with E-state index in [1.54, 1.807) is 5.32 Å². The predicted molar refractivity (Wildman–Crippen MR) is 57.2 cm³/mol. The van der Waals surface area contributed by atoms with E-state index in [1.165, 1.54) is 20.8 Å². The molecule has 0 bridgehead atoms. The highest BCUT2D eigenvalue weighted by Gasteiger charge is 2.48. The summed E-state index contributed by atoms with van der Waals surface area (Å²) in [7, 11) is 0.829. The molecule has 19 heavy (non-hydrogen) atoms. The molecule has 0 rings (SSSR count). The molecule has 0 fully saturated rings. The van der Waals surface area contributed by atoms with Crippen LogP contribution in [-0.4, -0.2) is 48.2 Å². The predicted octanol–water partition coefficient (Wildman–Crippen LogP) is 0.976. The van der Waals surface area contributed by atoms with Crippen LogP contribution in [0.5, 0.6) is 0 Å². The molecule has 0 saturated carbocycles. The van der Waals surface area contributed by atoms with Crippen LogP contribution in [-0.2, 0) is 14.3 Å². The largest absolute Gasteiger partial charge is 0.467 e. The van der Waals surface area contributed by atoms with Gasteiger partial charge in [-0.25, -0.2) is 9.59 Å². The number of alkyl carbamates (subject to hydrolysis) is 1. The Morgan fingerprint density at radius 1 is 1.21 bits per heavy atom. The van der Waals surface area contributed by atoms with Gasteiger partial charge in [-0.2, -0.15) is 13.2 Å². The molecule has 0 heterocycles. The summed E-state index contributed by atoms with van der Waals surface area (Å²) < 4.78 is 45.8. The summed E-state index contributed by atoms with van der Waals surface area (Å²) in [5.41, 5.74) is -0.964. The third kappa shape index (κ3) is 6.27. The Morgan fingerprint density at radius 3 is 2.00 bits per heavy atom. The van der Waals surface area contributed by atoms with E-state index >= 15 is 0 Å². The summed E-state index contributed by atoms with van der Waals surface area (Å²) in [6, 6.07) is -2.29. The fourth-order valence-corrected chi connectivity index (χ4v) is 1.02. The minimum absolute atomic E-state index is 0.829. The van der Waals surface area contributed by atoms with E-state index < -0.39 is 36.0 Å². The molecule has 0 aromatic carbocycles. The van der Waals surface area contributed by atoms with Crippen LogP contribution in [0.15, 0.2) is 0 Å². The van der Waals surface area contributed by atoms with Gasteiger partial charge in [0, 0.05) is 0 Å². The lowest BCUT2D eigenvalue weighted by Crippen LogP contribution is -2.55. The number of hydrogen-bond donors (Lipinski definition) is 2. The van der Waals surface area contributed by atoms with Crippen molar-refractivity contribution >= 4 is 12.1 Å². The molecule has 112 valence electrons. The van der Waals surface area contributed by atoms with Gasteiger partial charge in [0.2, 0.25) is 0 Å². The Hall–Kier alpha value is -1.51. The third-order valence-electron chi connectivity index (χ3n) is 1.78. The summed E-state index contributed by atoms with van der Waals surface area (Å²) in [4.78, 5) is 22.5. The lowest BCUT2D eigenvalue weighted by molar-refractivity contribution is -0.215. The number of hydrogen-bond acceptors (Lipinski definition) is 5. The first-order chi connectivity index (χ1) is 8.38. The van der Waals surface area contributed by atoms with Crippen molar-refractivity contribution in [2.24, 2.45) is 0 Å². The molecular formula is C10H16F3NO5. The minimum atomic E-state index is -5.09. The smallest absolute Gasteiger partial charge is 0.416 e. The molecule has 0 aromatic heterocycles. The van der Waals surface area contributed by atoms with E-state index in [9.17, 15) is 22.8 Å². The van der Waals surface area contributed by atoms with E-state index in [0.29, 0.717) is 0 Å². The molecule has 0 saturated heterocycles. The van der Waals surface area contributed by atoms with Gasteiger partial charge in [0.15, 0.2) is 12.1 Å². The first-order valence-electron chi connectivity index (χ1n) is 5.20. The Kier molecular flexibility index (Phi) is 5.61. The normalized spacial score (nSPS) is 15.4. The van der Waals surface area contributed by atoms with Gasteiger partial charge in [-0.1, -0.05) is 0 Å². The van der Waals surface area contributed by atoms with Gasteiger partial charge < -0.3 is 19.9 Å². The standard InChI is InChI=1S/C10H16F3NO5/c1-9(2,3)19-8(17)14-5(7(16)18-4)6(15)10(11,12)13/h5-6,15H,1-4H3,(H,14,17). The first kappa shape index (κ1) is 17.5. The summed E-state index contributed by atoms with van der Waals surface area (Å²) in [6.45, 7) is 4.46. The van der Waals surface area contributed by atoms with E-state index in [2.05, 4.69) is 9.47 Å². The number of nitrogens with one attached hydrogen (secondary N) is 1. The highest BCUT2D eigenvalue weighted by atomic mass is 19.4. The first-order valence-corrected chi connectivity index (χ1v) is 5.20. The van der Waals surface area contributed by atoms with Crippen molar-refractivity contribution in [1.82, 2.24) is 5.32 Å². The number of rotatable bonds is 3.